The van der Waals surface area contributed by atoms with Crippen molar-refractivity contribution in [2.45, 2.75) is 24.7 Å². The maximum absolute atomic E-state index is 12.5. The van der Waals surface area contributed by atoms with Gasteiger partial charge in [-0.2, -0.15) is 0 Å². The van der Waals surface area contributed by atoms with E-state index in [1.54, 1.807) is 6.92 Å². The number of amides is 1. The number of hydrogen-bond donors (Lipinski definition) is 2. The number of aryl methyl sites for hydroxylation is 1. The Balaban J connectivity index is 0.00000242. The second kappa shape index (κ2) is 7.74. The number of halogens is 1. The summed E-state index contributed by atoms with van der Waals surface area (Å²) in [6.45, 7) is 3.99. The van der Waals surface area contributed by atoms with Crippen LogP contribution in [0.2, 0.25) is 0 Å². The first-order chi connectivity index (χ1) is 9.82. The molecule has 0 bridgehead atoms. The molecule has 1 aromatic rings. The van der Waals surface area contributed by atoms with Crippen LogP contribution in [0.4, 0.5) is 0 Å². The fourth-order valence-electron chi connectivity index (χ4n) is 2.71. The molecule has 1 fully saturated rings. The molecule has 1 amide bonds. The van der Waals surface area contributed by atoms with Crippen LogP contribution in [0.25, 0.3) is 0 Å². The summed E-state index contributed by atoms with van der Waals surface area (Å²) in [5.74, 6) is 0.352. The Morgan fingerprint density at radius 1 is 1.55 bits per heavy atom. The van der Waals surface area contributed by atoms with E-state index in [1.807, 2.05) is 11.9 Å². The van der Waals surface area contributed by atoms with E-state index >= 15 is 0 Å². The third-order valence-corrected chi connectivity index (χ3v) is 5.89. The van der Waals surface area contributed by atoms with Crippen LogP contribution in [0.3, 0.4) is 0 Å². The lowest BCUT2D eigenvalue weighted by molar-refractivity contribution is 0.0679. The van der Waals surface area contributed by atoms with Crippen molar-refractivity contribution in [1.29, 1.82) is 0 Å². The lowest BCUT2D eigenvalue weighted by Gasteiger charge is -2.32. The van der Waals surface area contributed by atoms with Crippen LogP contribution >= 0.6 is 23.7 Å². The molecule has 0 saturated carbocycles. The van der Waals surface area contributed by atoms with Crippen molar-refractivity contribution in [2.75, 3.05) is 26.7 Å². The number of primary sulfonamides is 1. The van der Waals surface area contributed by atoms with E-state index in [2.05, 4.69) is 5.32 Å². The molecule has 0 spiro atoms. The Morgan fingerprint density at radius 3 is 2.77 bits per heavy atom. The number of likely N-dealkylation sites (tertiary alicyclic amines) is 1. The molecular formula is C13H22ClN3O3S2. The van der Waals surface area contributed by atoms with Gasteiger partial charge in [-0.05, 0) is 45.3 Å². The maximum Gasteiger partial charge on any atom is 0.263 e. The Hall–Kier alpha value is -0.670. The highest BCUT2D eigenvalue weighted by atomic mass is 35.5. The number of sulfonamides is 1. The van der Waals surface area contributed by atoms with Gasteiger partial charge in [-0.3, -0.25) is 4.79 Å². The molecule has 22 heavy (non-hydrogen) atoms. The molecule has 3 N–H and O–H groups in total. The van der Waals surface area contributed by atoms with Crippen molar-refractivity contribution in [3.05, 3.63) is 15.8 Å². The van der Waals surface area contributed by atoms with Crippen molar-refractivity contribution in [3.8, 4) is 0 Å². The van der Waals surface area contributed by atoms with Crippen LogP contribution in [0, 0.1) is 12.8 Å². The number of carbonyl (C=O) groups excluding carboxylic acids is 1. The van der Waals surface area contributed by atoms with Crippen LogP contribution in [0.15, 0.2) is 11.0 Å². The number of nitrogens with zero attached hydrogens (tertiary/aromatic N) is 1. The fourth-order valence-corrected chi connectivity index (χ4v) is 4.83. The van der Waals surface area contributed by atoms with Crippen molar-refractivity contribution in [3.63, 3.8) is 0 Å². The number of carbonyl (C=O) groups is 1. The predicted octanol–water partition coefficient (Wildman–Crippen LogP) is 1.20. The molecule has 2 heterocycles. The van der Waals surface area contributed by atoms with Crippen LogP contribution in [-0.4, -0.2) is 45.9 Å². The minimum atomic E-state index is -3.77. The standard InChI is InChI=1S/C13H21N3O3S2.ClH/c1-9-12(21(14,18)19)6-11(20-9)13(17)16-5-3-4-10(8-16)7-15-2;/h6,10,15H,3-5,7-8H2,1-2H3,(H2,14,18,19);1H. The van der Waals surface area contributed by atoms with Gasteiger partial charge < -0.3 is 10.2 Å². The number of thiophene rings is 1. The summed E-state index contributed by atoms with van der Waals surface area (Å²) < 4.78 is 22.9. The maximum atomic E-state index is 12.5. The van der Waals surface area contributed by atoms with Crippen LogP contribution in [0.5, 0.6) is 0 Å². The van der Waals surface area contributed by atoms with Gasteiger partial charge in [0.1, 0.15) is 0 Å². The third kappa shape index (κ3) is 4.42. The molecule has 1 unspecified atom stereocenters. The first kappa shape index (κ1) is 19.4. The molecule has 1 atom stereocenters. The summed E-state index contributed by atoms with van der Waals surface area (Å²) in [5.41, 5.74) is 0. The average molecular weight is 368 g/mol. The highest BCUT2D eigenvalue weighted by Crippen LogP contribution is 2.27. The lowest BCUT2D eigenvalue weighted by atomic mass is 9.98. The number of piperidine rings is 1. The van der Waals surface area contributed by atoms with E-state index in [0.717, 1.165) is 25.9 Å². The van der Waals surface area contributed by atoms with Gasteiger partial charge in [-0.15, -0.1) is 23.7 Å². The molecule has 126 valence electrons. The molecule has 2 rings (SSSR count). The number of nitrogens with two attached hydrogens (primary N) is 1. The first-order valence-electron chi connectivity index (χ1n) is 6.90. The third-order valence-electron chi connectivity index (χ3n) is 3.69. The van der Waals surface area contributed by atoms with Crippen molar-refractivity contribution in [1.82, 2.24) is 10.2 Å². The summed E-state index contributed by atoms with van der Waals surface area (Å²) in [7, 11) is -1.86. The largest absolute Gasteiger partial charge is 0.338 e. The monoisotopic (exact) mass is 367 g/mol. The van der Waals surface area contributed by atoms with Crippen LogP contribution in [0.1, 0.15) is 27.4 Å². The Morgan fingerprint density at radius 2 is 2.23 bits per heavy atom. The molecule has 0 aromatic carbocycles. The SMILES string of the molecule is CNCC1CCCN(C(=O)c2cc(S(N)(=O)=O)c(C)s2)C1.Cl. The van der Waals surface area contributed by atoms with E-state index in [4.69, 9.17) is 5.14 Å². The number of rotatable bonds is 4. The molecule has 0 radical (unpaired) electrons. The molecule has 6 nitrogen and oxygen atoms in total. The summed E-state index contributed by atoms with van der Waals surface area (Å²) in [5, 5.41) is 8.30. The van der Waals surface area contributed by atoms with Crippen LogP contribution < -0.4 is 10.5 Å². The molecule has 1 aromatic heterocycles. The average Bonchev–Trinajstić information content (AvgIpc) is 2.81. The smallest absolute Gasteiger partial charge is 0.263 e. The van der Waals surface area contributed by atoms with Gasteiger partial charge in [-0.1, -0.05) is 0 Å². The quantitative estimate of drug-likeness (QED) is 0.836. The number of nitrogens with one attached hydrogen (secondary N) is 1. The minimum absolute atomic E-state index is 0. The van der Waals surface area contributed by atoms with Crippen LogP contribution in [-0.2, 0) is 10.0 Å². The molecule has 1 aliphatic heterocycles. The van der Waals surface area contributed by atoms with Gasteiger partial charge in [0.2, 0.25) is 10.0 Å². The van der Waals surface area contributed by atoms with Crippen molar-refractivity contribution < 1.29 is 13.2 Å². The molecule has 1 saturated heterocycles. The molecule has 0 aliphatic carbocycles. The van der Waals surface area contributed by atoms with E-state index in [1.165, 1.54) is 17.4 Å². The predicted molar refractivity (Wildman–Crippen MR) is 90.2 cm³/mol. The first-order valence-corrected chi connectivity index (χ1v) is 9.26. The van der Waals surface area contributed by atoms with Gasteiger partial charge in [0, 0.05) is 18.0 Å². The van der Waals surface area contributed by atoms with E-state index in [0.29, 0.717) is 22.2 Å². The fraction of sp³-hybridized carbons (Fsp3) is 0.615. The van der Waals surface area contributed by atoms with Crippen molar-refractivity contribution in [2.24, 2.45) is 11.1 Å². The van der Waals surface area contributed by atoms with Gasteiger partial charge in [0.15, 0.2) is 0 Å². The van der Waals surface area contributed by atoms with E-state index in [-0.39, 0.29) is 23.2 Å². The van der Waals surface area contributed by atoms with Gasteiger partial charge in [0.25, 0.3) is 5.91 Å². The topological polar surface area (TPSA) is 92.5 Å². The summed E-state index contributed by atoms with van der Waals surface area (Å²) in [4.78, 5) is 15.4. The summed E-state index contributed by atoms with van der Waals surface area (Å²) >= 11 is 1.19. The Bertz CT molecular complexity index is 628. The second-order valence-electron chi connectivity index (χ2n) is 5.39. The van der Waals surface area contributed by atoms with Crippen molar-refractivity contribution >= 4 is 39.7 Å². The Kier molecular flexibility index (Phi) is 6.82. The van der Waals surface area contributed by atoms with E-state index < -0.39 is 10.0 Å². The molecule has 1 aliphatic rings. The zero-order valence-corrected chi connectivity index (χ0v) is 15.1. The minimum Gasteiger partial charge on any atom is -0.338 e. The highest BCUT2D eigenvalue weighted by molar-refractivity contribution is 7.89. The Labute approximate surface area is 141 Å². The lowest BCUT2D eigenvalue weighted by Crippen LogP contribution is -2.42. The zero-order valence-electron chi connectivity index (χ0n) is 12.7. The summed E-state index contributed by atoms with van der Waals surface area (Å²) in [6.07, 6.45) is 2.08. The van der Waals surface area contributed by atoms with Gasteiger partial charge >= 0.3 is 0 Å². The van der Waals surface area contributed by atoms with Gasteiger partial charge in [-0.25, -0.2) is 13.6 Å². The summed E-state index contributed by atoms with van der Waals surface area (Å²) in [6, 6.07) is 1.40. The molecule has 9 heteroatoms. The van der Waals surface area contributed by atoms with Gasteiger partial charge in [0.05, 0.1) is 9.77 Å². The van der Waals surface area contributed by atoms with E-state index in [9.17, 15) is 13.2 Å². The normalized spacial score (nSPS) is 18.9. The molecular weight excluding hydrogens is 346 g/mol. The zero-order chi connectivity index (χ0) is 15.6. The highest BCUT2D eigenvalue weighted by Gasteiger charge is 2.27. The second-order valence-corrected chi connectivity index (χ2v) is 8.18. The number of hydrogen-bond acceptors (Lipinski definition) is 5.